The van der Waals surface area contributed by atoms with Gasteiger partial charge < -0.3 is 4.84 Å². The minimum Gasteiger partial charge on any atom is -0.390 e. The van der Waals surface area contributed by atoms with Gasteiger partial charge in [-0.3, -0.25) is 0 Å². The fraction of sp³-hybridized carbons (Fsp3) is 0.462. The standard InChI is InChI=1S/C13H18NO/c1-5-11-6-8-12(9-7-11)10-14-15-13(2,3)4/h6-9H,5H2,1-4H3. The van der Waals surface area contributed by atoms with Crippen molar-refractivity contribution in [3.05, 3.63) is 35.4 Å². The molecular weight excluding hydrogens is 186 g/mol. The maximum atomic E-state index is 5.20. The first-order valence-electron chi connectivity index (χ1n) is 5.24. The van der Waals surface area contributed by atoms with Crippen LogP contribution in [0.5, 0.6) is 0 Å². The second-order valence-corrected chi connectivity index (χ2v) is 4.46. The fourth-order valence-corrected chi connectivity index (χ4v) is 1.03. The van der Waals surface area contributed by atoms with Gasteiger partial charge in [-0.25, -0.2) is 0 Å². The summed E-state index contributed by atoms with van der Waals surface area (Å²) in [6.07, 6.45) is 3.91. The molecule has 0 saturated heterocycles. The topological polar surface area (TPSA) is 21.6 Å². The number of benzene rings is 1. The summed E-state index contributed by atoms with van der Waals surface area (Å²) in [5, 5.41) is 3.82. The molecule has 0 heterocycles. The summed E-state index contributed by atoms with van der Waals surface area (Å²) in [4.78, 5) is 5.20. The number of aryl methyl sites for hydroxylation is 1. The number of nitrogens with zero attached hydrogens (tertiary/aromatic N) is 1. The van der Waals surface area contributed by atoms with E-state index in [1.165, 1.54) is 5.56 Å². The second-order valence-electron chi connectivity index (χ2n) is 4.46. The van der Waals surface area contributed by atoms with E-state index < -0.39 is 0 Å². The molecule has 0 aliphatic rings. The van der Waals surface area contributed by atoms with Gasteiger partial charge in [0.1, 0.15) is 11.8 Å². The fourth-order valence-electron chi connectivity index (χ4n) is 1.03. The molecule has 1 rings (SSSR count). The lowest BCUT2D eigenvalue weighted by Crippen LogP contribution is -2.15. The van der Waals surface area contributed by atoms with E-state index in [1.807, 2.05) is 32.9 Å². The zero-order valence-electron chi connectivity index (χ0n) is 9.87. The summed E-state index contributed by atoms with van der Waals surface area (Å²) in [7, 11) is 0. The van der Waals surface area contributed by atoms with Gasteiger partial charge in [0.25, 0.3) is 0 Å². The highest BCUT2D eigenvalue weighted by atomic mass is 16.6. The zero-order chi connectivity index (χ0) is 11.3. The molecule has 0 fully saturated rings. The van der Waals surface area contributed by atoms with Crippen LogP contribution in [0.1, 0.15) is 38.8 Å². The summed E-state index contributed by atoms with van der Waals surface area (Å²) in [5.41, 5.74) is 2.00. The molecule has 2 nitrogen and oxygen atoms in total. The summed E-state index contributed by atoms with van der Waals surface area (Å²) in [6, 6.07) is 8.15. The Labute approximate surface area is 91.9 Å². The molecule has 0 spiro atoms. The number of hydrogen-bond acceptors (Lipinski definition) is 2. The van der Waals surface area contributed by atoms with Crippen molar-refractivity contribution in [3.63, 3.8) is 0 Å². The Kier molecular flexibility index (Phi) is 3.89. The van der Waals surface area contributed by atoms with Crippen molar-refractivity contribution >= 4 is 6.21 Å². The molecule has 0 saturated carbocycles. The van der Waals surface area contributed by atoms with Gasteiger partial charge in [0, 0.05) is 5.56 Å². The van der Waals surface area contributed by atoms with Crippen LogP contribution in [0.25, 0.3) is 0 Å². The highest BCUT2D eigenvalue weighted by Gasteiger charge is 2.09. The van der Waals surface area contributed by atoms with E-state index in [0.717, 1.165) is 12.0 Å². The van der Waals surface area contributed by atoms with Crippen molar-refractivity contribution in [3.8, 4) is 0 Å². The molecule has 0 aromatic heterocycles. The van der Waals surface area contributed by atoms with E-state index in [0.29, 0.717) is 0 Å². The molecule has 81 valence electrons. The Hall–Kier alpha value is -1.31. The lowest BCUT2D eigenvalue weighted by Gasteiger charge is -2.14. The van der Waals surface area contributed by atoms with E-state index in [2.05, 4.69) is 30.4 Å². The quantitative estimate of drug-likeness (QED) is 0.547. The lowest BCUT2D eigenvalue weighted by atomic mass is 10.1. The van der Waals surface area contributed by atoms with Crippen LogP contribution in [0.4, 0.5) is 0 Å². The summed E-state index contributed by atoms with van der Waals surface area (Å²) in [5.74, 6) is 0. The van der Waals surface area contributed by atoms with Crippen LogP contribution in [0.3, 0.4) is 0 Å². The third-order valence-electron chi connectivity index (χ3n) is 1.86. The molecule has 0 bridgehead atoms. The lowest BCUT2D eigenvalue weighted by molar-refractivity contribution is 0.00199. The molecule has 0 aliphatic carbocycles. The average Bonchev–Trinajstić information content (AvgIpc) is 2.17. The largest absolute Gasteiger partial charge is 0.390 e. The Morgan fingerprint density at radius 3 is 2.27 bits per heavy atom. The monoisotopic (exact) mass is 204 g/mol. The van der Waals surface area contributed by atoms with E-state index >= 15 is 0 Å². The van der Waals surface area contributed by atoms with Gasteiger partial charge in [-0.2, -0.15) is 0 Å². The maximum absolute atomic E-state index is 5.20. The first-order chi connectivity index (χ1) is 7.01. The predicted octanol–water partition coefficient (Wildman–Crippen LogP) is 3.28. The van der Waals surface area contributed by atoms with Crippen LogP contribution in [0, 0.1) is 0 Å². The second kappa shape index (κ2) is 4.96. The summed E-state index contributed by atoms with van der Waals surface area (Å²) in [6.45, 7) is 8.00. The van der Waals surface area contributed by atoms with Gasteiger partial charge in [0.2, 0.25) is 0 Å². The Balaban J connectivity index is 2.57. The Morgan fingerprint density at radius 1 is 1.20 bits per heavy atom. The molecule has 0 aliphatic heterocycles. The Bertz CT molecular complexity index is 319. The van der Waals surface area contributed by atoms with E-state index in [1.54, 1.807) is 0 Å². The molecule has 0 amide bonds. The molecule has 0 unspecified atom stereocenters. The normalized spacial score (nSPS) is 12.0. The molecule has 1 aromatic carbocycles. The van der Waals surface area contributed by atoms with E-state index in [-0.39, 0.29) is 5.60 Å². The zero-order valence-corrected chi connectivity index (χ0v) is 9.87. The third kappa shape index (κ3) is 4.63. The number of rotatable bonds is 3. The van der Waals surface area contributed by atoms with Crippen LogP contribution >= 0.6 is 0 Å². The van der Waals surface area contributed by atoms with Gasteiger partial charge >= 0.3 is 0 Å². The van der Waals surface area contributed by atoms with Crippen molar-refractivity contribution in [1.82, 2.24) is 0 Å². The van der Waals surface area contributed by atoms with Crippen molar-refractivity contribution in [2.24, 2.45) is 5.16 Å². The SMILES string of the molecule is CCc1ccc(/[C]=N/OC(C)(C)C)cc1. The van der Waals surface area contributed by atoms with Gasteiger partial charge in [0.05, 0.1) is 0 Å². The highest BCUT2D eigenvalue weighted by molar-refractivity contribution is 5.79. The van der Waals surface area contributed by atoms with Crippen LogP contribution in [0.2, 0.25) is 0 Å². The maximum Gasteiger partial charge on any atom is 0.139 e. The van der Waals surface area contributed by atoms with Crippen molar-refractivity contribution in [1.29, 1.82) is 0 Å². The number of hydrogen-bond donors (Lipinski definition) is 0. The van der Waals surface area contributed by atoms with Crippen molar-refractivity contribution in [2.75, 3.05) is 0 Å². The van der Waals surface area contributed by atoms with Gasteiger partial charge in [0.15, 0.2) is 0 Å². The molecular formula is C13H18NO. The minimum atomic E-state index is -0.254. The first kappa shape index (κ1) is 11.8. The van der Waals surface area contributed by atoms with Crippen molar-refractivity contribution < 1.29 is 4.84 Å². The molecule has 15 heavy (non-hydrogen) atoms. The van der Waals surface area contributed by atoms with Gasteiger partial charge in [-0.1, -0.05) is 36.3 Å². The predicted molar refractivity (Wildman–Crippen MR) is 63.2 cm³/mol. The van der Waals surface area contributed by atoms with Crippen LogP contribution < -0.4 is 0 Å². The van der Waals surface area contributed by atoms with Gasteiger partial charge in [-0.15, -0.1) is 0 Å². The van der Waals surface area contributed by atoms with E-state index in [4.69, 9.17) is 4.84 Å². The average molecular weight is 204 g/mol. The van der Waals surface area contributed by atoms with Gasteiger partial charge in [-0.05, 0) is 32.8 Å². The first-order valence-corrected chi connectivity index (χ1v) is 5.24. The molecule has 2 heteroatoms. The van der Waals surface area contributed by atoms with Crippen LogP contribution in [-0.4, -0.2) is 11.8 Å². The van der Waals surface area contributed by atoms with Crippen LogP contribution in [-0.2, 0) is 11.3 Å². The molecule has 0 atom stereocenters. The molecule has 0 N–H and O–H groups in total. The molecule has 1 aromatic rings. The highest BCUT2D eigenvalue weighted by Crippen LogP contribution is 2.07. The summed E-state index contributed by atoms with van der Waals surface area (Å²) >= 11 is 0. The smallest absolute Gasteiger partial charge is 0.139 e. The van der Waals surface area contributed by atoms with Crippen LogP contribution in [0.15, 0.2) is 29.4 Å². The van der Waals surface area contributed by atoms with E-state index in [9.17, 15) is 0 Å². The minimum absolute atomic E-state index is 0.254. The van der Waals surface area contributed by atoms with Crippen molar-refractivity contribution in [2.45, 2.75) is 39.7 Å². The summed E-state index contributed by atoms with van der Waals surface area (Å²) < 4.78 is 0. The third-order valence-corrected chi connectivity index (χ3v) is 1.86. The molecule has 1 radical (unpaired) electrons. The Morgan fingerprint density at radius 2 is 1.80 bits per heavy atom.